The van der Waals surface area contributed by atoms with Crippen molar-refractivity contribution in [3.63, 3.8) is 0 Å². The third-order valence-electron chi connectivity index (χ3n) is 3.45. The van der Waals surface area contributed by atoms with Gasteiger partial charge in [0, 0.05) is 16.0 Å². The molecule has 3 aromatic rings. The van der Waals surface area contributed by atoms with Crippen molar-refractivity contribution in [1.82, 2.24) is 4.98 Å². The van der Waals surface area contributed by atoms with E-state index in [0.717, 1.165) is 10.6 Å². The third-order valence-corrected chi connectivity index (χ3v) is 4.57. The number of benzene rings is 2. The van der Waals surface area contributed by atoms with Crippen LogP contribution in [0.5, 0.6) is 5.75 Å². The summed E-state index contributed by atoms with van der Waals surface area (Å²) in [5.74, 6) is 0.243. The van der Waals surface area contributed by atoms with Crippen molar-refractivity contribution in [2.45, 2.75) is 6.92 Å². The van der Waals surface area contributed by atoms with Crippen molar-refractivity contribution in [2.24, 2.45) is 0 Å². The molecule has 0 spiro atoms. The fraction of sp³-hybridized carbons (Fsp3) is 0.111. The van der Waals surface area contributed by atoms with Crippen LogP contribution in [0.15, 0.2) is 47.8 Å². The number of methoxy groups -OCH3 is 1. The second-order valence-corrected chi connectivity index (χ2v) is 6.50. The number of hydrogen-bond donors (Lipinski definition) is 1. The summed E-state index contributed by atoms with van der Waals surface area (Å²) in [7, 11) is 1.54. The molecule has 2 aromatic carbocycles. The van der Waals surface area contributed by atoms with Gasteiger partial charge in [0.25, 0.3) is 5.91 Å². The molecule has 1 amide bonds. The zero-order chi connectivity index (χ0) is 17.1. The van der Waals surface area contributed by atoms with Gasteiger partial charge < -0.3 is 10.1 Å². The molecule has 1 heterocycles. The minimum absolute atomic E-state index is 0.301. The fourth-order valence-electron chi connectivity index (χ4n) is 2.17. The number of aromatic nitrogens is 1. The van der Waals surface area contributed by atoms with E-state index in [1.807, 2.05) is 31.2 Å². The summed E-state index contributed by atoms with van der Waals surface area (Å²) < 4.78 is 5.23. The van der Waals surface area contributed by atoms with Crippen molar-refractivity contribution in [1.29, 1.82) is 0 Å². The molecule has 1 aromatic heterocycles. The monoisotopic (exact) mass is 358 g/mol. The predicted octanol–water partition coefficient (Wildman–Crippen LogP) is 5.03. The van der Waals surface area contributed by atoms with E-state index in [0.29, 0.717) is 22.2 Å². The second kappa shape index (κ2) is 7.03. The van der Waals surface area contributed by atoms with Crippen molar-refractivity contribution < 1.29 is 9.53 Å². The number of rotatable bonds is 4. The van der Waals surface area contributed by atoms with Gasteiger partial charge in [0.15, 0.2) is 0 Å². The lowest BCUT2D eigenvalue weighted by Gasteiger charge is -2.09. The summed E-state index contributed by atoms with van der Waals surface area (Å²) in [5.41, 5.74) is 3.05. The number of hydrogen-bond acceptors (Lipinski definition) is 4. The molecule has 1 N–H and O–H groups in total. The van der Waals surface area contributed by atoms with Gasteiger partial charge in [-0.15, -0.1) is 11.3 Å². The van der Waals surface area contributed by atoms with E-state index in [1.54, 1.807) is 23.6 Å². The normalized spacial score (nSPS) is 10.5. The number of ether oxygens (including phenoxy) is 1. The van der Waals surface area contributed by atoms with E-state index in [4.69, 9.17) is 16.3 Å². The average molecular weight is 359 g/mol. The molecule has 0 aliphatic rings. The molecule has 24 heavy (non-hydrogen) atoms. The van der Waals surface area contributed by atoms with Gasteiger partial charge in [0.05, 0.1) is 12.8 Å². The highest BCUT2D eigenvalue weighted by Gasteiger charge is 2.14. The molecule has 0 aliphatic carbocycles. The van der Waals surface area contributed by atoms with Gasteiger partial charge in [-0.05, 0) is 25.1 Å². The van der Waals surface area contributed by atoms with Crippen LogP contribution in [0.4, 0.5) is 5.69 Å². The molecule has 4 nitrogen and oxygen atoms in total. The maximum Gasteiger partial charge on any atom is 0.275 e. The molecule has 0 saturated heterocycles. The summed E-state index contributed by atoms with van der Waals surface area (Å²) in [6.07, 6.45) is 0. The largest absolute Gasteiger partial charge is 0.495 e. The molecule has 0 aliphatic heterocycles. The predicted molar refractivity (Wildman–Crippen MR) is 98.2 cm³/mol. The van der Waals surface area contributed by atoms with Gasteiger partial charge in [-0.1, -0.05) is 41.4 Å². The first-order valence-corrected chi connectivity index (χ1v) is 8.50. The second-order valence-electron chi connectivity index (χ2n) is 5.20. The van der Waals surface area contributed by atoms with Crippen LogP contribution >= 0.6 is 22.9 Å². The van der Waals surface area contributed by atoms with Gasteiger partial charge in [-0.2, -0.15) is 0 Å². The SMILES string of the molecule is COc1ccc(Cl)cc1NC(=O)c1csc(-c2ccc(C)cc2)n1. The van der Waals surface area contributed by atoms with Crippen LogP contribution in [0.2, 0.25) is 5.02 Å². The van der Waals surface area contributed by atoms with Crippen LogP contribution in [-0.4, -0.2) is 18.0 Å². The molecule has 0 bridgehead atoms. The van der Waals surface area contributed by atoms with E-state index in [9.17, 15) is 4.79 Å². The van der Waals surface area contributed by atoms with Gasteiger partial charge in [-0.25, -0.2) is 4.98 Å². The highest BCUT2D eigenvalue weighted by atomic mass is 35.5. The number of nitrogens with zero attached hydrogens (tertiary/aromatic N) is 1. The van der Waals surface area contributed by atoms with Crippen LogP contribution < -0.4 is 10.1 Å². The minimum Gasteiger partial charge on any atom is -0.495 e. The molecule has 3 rings (SSSR count). The first-order chi connectivity index (χ1) is 11.6. The molecule has 122 valence electrons. The molecule has 0 fully saturated rings. The van der Waals surface area contributed by atoms with Crippen LogP contribution in [0.3, 0.4) is 0 Å². The first kappa shape index (κ1) is 16.5. The molecular weight excluding hydrogens is 344 g/mol. The lowest BCUT2D eigenvalue weighted by atomic mass is 10.2. The number of carbonyl (C=O) groups is 1. The zero-order valence-corrected chi connectivity index (χ0v) is 14.7. The Labute approximate surface area is 149 Å². The summed E-state index contributed by atoms with van der Waals surface area (Å²) in [4.78, 5) is 16.8. The Hall–Kier alpha value is -2.37. The standard InChI is InChI=1S/C18H15ClN2O2S/c1-11-3-5-12(6-4-11)18-21-15(10-24-18)17(22)20-14-9-13(19)7-8-16(14)23-2/h3-10H,1-2H3,(H,20,22). The molecule has 0 atom stereocenters. The summed E-state index contributed by atoms with van der Waals surface area (Å²) in [5, 5.41) is 5.85. The fourth-order valence-corrected chi connectivity index (χ4v) is 3.15. The van der Waals surface area contributed by atoms with E-state index in [-0.39, 0.29) is 5.91 Å². The molecule has 0 saturated carbocycles. The zero-order valence-electron chi connectivity index (χ0n) is 13.2. The summed E-state index contributed by atoms with van der Waals surface area (Å²) in [6, 6.07) is 13.1. The topological polar surface area (TPSA) is 51.2 Å². The Kier molecular flexibility index (Phi) is 4.83. The van der Waals surface area contributed by atoms with E-state index < -0.39 is 0 Å². The molecule has 0 unspecified atom stereocenters. The Balaban J connectivity index is 1.81. The Morgan fingerprint density at radius 1 is 1.21 bits per heavy atom. The van der Waals surface area contributed by atoms with Gasteiger partial charge >= 0.3 is 0 Å². The van der Waals surface area contributed by atoms with Crippen LogP contribution in [-0.2, 0) is 0 Å². The quantitative estimate of drug-likeness (QED) is 0.711. The number of aryl methyl sites for hydroxylation is 1. The number of halogens is 1. The van der Waals surface area contributed by atoms with Gasteiger partial charge in [0.2, 0.25) is 0 Å². The van der Waals surface area contributed by atoms with Crippen molar-refractivity contribution in [3.8, 4) is 16.3 Å². The maximum atomic E-state index is 12.4. The lowest BCUT2D eigenvalue weighted by Crippen LogP contribution is -2.13. The van der Waals surface area contributed by atoms with Crippen LogP contribution in [0, 0.1) is 6.92 Å². The van der Waals surface area contributed by atoms with Crippen molar-refractivity contribution in [2.75, 3.05) is 12.4 Å². The van der Waals surface area contributed by atoms with Gasteiger partial charge in [0.1, 0.15) is 16.5 Å². The number of amides is 1. The minimum atomic E-state index is -0.301. The summed E-state index contributed by atoms with van der Waals surface area (Å²) >= 11 is 7.41. The Morgan fingerprint density at radius 3 is 2.67 bits per heavy atom. The first-order valence-electron chi connectivity index (χ1n) is 7.24. The molecular formula is C18H15ClN2O2S. The van der Waals surface area contributed by atoms with Crippen LogP contribution in [0.25, 0.3) is 10.6 Å². The van der Waals surface area contributed by atoms with Crippen molar-refractivity contribution >= 4 is 34.5 Å². The highest BCUT2D eigenvalue weighted by Crippen LogP contribution is 2.29. The lowest BCUT2D eigenvalue weighted by molar-refractivity contribution is 0.102. The number of carbonyl (C=O) groups excluding carboxylic acids is 1. The van der Waals surface area contributed by atoms with E-state index in [2.05, 4.69) is 10.3 Å². The third kappa shape index (κ3) is 3.58. The number of anilines is 1. The Morgan fingerprint density at radius 2 is 1.96 bits per heavy atom. The number of nitrogens with one attached hydrogen (secondary N) is 1. The Bertz CT molecular complexity index is 875. The van der Waals surface area contributed by atoms with Gasteiger partial charge in [-0.3, -0.25) is 4.79 Å². The van der Waals surface area contributed by atoms with E-state index in [1.165, 1.54) is 24.0 Å². The van der Waals surface area contributed by atoms with E-state index >= 15 is 0 Å². The molecule has 6 heteroatoms. The van der Waals surface area contributed by atoms with Crippen LogP contribution in [0.1, 0.15) is 16.1 Å². The highest BCUT2D eigenvalue weighted by molar-refractivity contribution is 7.13. The maximum absolute atomic E-state index is 12.4. The molecule has 0 radical (unpaired) electrons. The number of thiazole rings is 1. The average Bonchev–Trinajstić information content (AvgIpc) is 3.06. The van der Waals surface area contributed by atoms with Crippen molar-refractivity contribution in [3.05, 3.63) is 64.1 Å². The summed E-state index contributed by atoms with van der Waals surface area (Å²) in [6.45, 7) is 2.03. The smallest absolute Gasteiger partial charge is 0.275 e.